The molecular weight excluding hydrogens is 301 g/mol. The summed E-state index contributed by atoms with van der Waals surface area (Å²) in [6.45, 7) is 4.00. The van der Waals surface area contributed by atoms with Crippen LogP contribution in [0.5, 0.6) is 0 Å². The van der Waals surface area contributed by atoms with Crippen molar-refractivity contribution in [1.82, 2.24) is 4.98 Å². The predicted octanol–water partition coefficient (Wildman–Crippen LogP) is 4.02. The lowest BCUT2D eigenvalue weighted by molar-refractivity contribution is -0.142. The van der Waals surface area contributed by atoms with E-state index in [2.05, 4.69) is 4.98 Å². The number of esters is 1. The smallest absolute Gasteiger partial charge is 0.311 e. The summed E-state index contributed by atoms with van der Waals surface area (Å²) >= 11 is 7.21. The van der Waals surface area contributed by atoms with Crippen LogP contribution < -0.4 is 0 Å². The van der Waals surface area contributed by atoms with E-state index < -0.39 is 5.82 Å². The zero-order chi connectivity index (χ0) is 14.7. The predicted molar refractivity (Wildman–Crippen MR) is 77.6 cm³/mol. The van der Waals surface area contributed by atoms with Crippen molar-refractivity contribution in [2.45, 2.75) is 20.3 Å². The van der Waals surface area contributed by atoms with Crippen LogP contribution in [-0.2, 0) is 16.0 Å². The van der Waals surface area contributed by atoms with E-state index in [1.165, 1.54) is 23.5 Å². The number of hydrogen-bond donors (Lipinski definition) is 0. The number of rotatable bonds is 4. The lowest BCUT2D eigenvalue weighted by atomic mass is 10.2. The number of hydrogen-bond acceptors (Lipinski definition) is 4. The quantitative estimate of drug-likeness (QED) is 0.800. The molecule has 2 rings (SSSR count). The summed E-state index contributed by atoms with van der Waals surface area (Å²) in [5.74, 6) is -0.764. The molecule has 2 aromatic rings. The fourth-order valence-electron chi connectivity index (χ4n) is 1.69. The minimum absolute atomic E-state index is 0.0577. The lowest BCUT2D eigenvalue weighted by Crippen LogP contribution is -2.08. The molecule has 0 radical (unpaired) electrons. The summed E-state index contributed by atoms with van der Waals surface area (Å²) in [5.41, 5.74) is 1.42. The maximum absolute atomic E-state index is 13.1. The molecule has 106 valence electrons. The summed E-state index contributed by atoms with van der Waals surface area (Å²) < 4.78 is 18.1. The van der Waals surface area contributed by atoms with Crippen LogP contribution in [0, 0.1) is 12.7 Å². The van der Waals surface area contributed by atoms with E-state index in [0.29, 0.717) is 17.3 Å². The Labute approximate surface area is 125 Å². The number of benzene rings is 1. The molecule has 0 spiro atoms. The Morgan fingerprint density at radius 1 is 1.50 bits per heavy atom. The van der Waals surface area contributed by atoms with Gasteiger partial charge >= 0.3 is 5.97 Å². The molecule has 1 aromatic heterocycles. The minimum atomic E-state index is -0.463. The molecule has 0 atom stereocenters. The second-order valence-corrected chi connectivity index (χ2v) is 5.74. The van der Waals surface area contributed by atoms with Crippen molar-refractivity contribution in [2.24, 2.45) is 0 Å². The first-order valence-electron chi connectivity index (χ1n) is 6.08. The fourth-order valence-corrected chi connectivity index (χ4v) is 2.80. The maximum atomic E-state index is 13.1. The van der Waals surface area contributed by atoms with Crippen LogP contribution in [0.15, 0.2) is 18.2 Å². The Bertz CT molecular complexity index is 642. The zero-order valence-corrected chi connectivity index (χ0v) is 12.6. The average Bonchev–Trinajstić information content (AvgIpc) is 2.74. The number of carbonyl (C=O) groups excluding carboxylic acids is 1. The van der Waals surface area contributed by atoms with Crippen LogP contribution in [0.1, 0.15) is 17.5 Å². The third kappa shape index (κ3) is 3.35. The van der Waals surface area contributed by atoms with Gasteiger partial charge in [0.1, 0.15) is 10.8 Å². The van der Waals surface area contributed by atoms with Gasteiger partial charge in [-0.15, -0.1) is 11.3 Å². The van der Waals surface area contributed by atoms with Crippen LogP contribution in [0.3, 0.4) is 0 Å². The third-order valence-electron chi connectivity index (χ3n) is 2.68. The molecule has 6 heteroatoms. The van der Waals surface area contributed by atoms with Gasteiger partial charge in [-0.2, -0.15) is 0 Å². The highest BCUT2D eigenvalue weighted by molar-refractivity contribution is 7.15. The molecular formula is C14H13ClFNO2S. The molecule has 20 heavy (non-hydrogen) atoms. The van der Waals surface area contributed by atoms with Gasteiger partial charge < -0.3 is 4.74 Å². The van der Waals surface area contributed by atoms with Crippen molar-refractivity contribution in [3.63, 3.8) is 0 Å². The van der Waals surface area contributed by atoms with Crippen molar-refractivity contribution < 1.29 is 13.9 Å². The molecule has 0 aliphatic heterocycles. The molecule has 0 bridgehead atoms. The van der Waals surface area contributed by atoms with Gasteiger partial charge in [-0.05, 0) is 32.0 Å². The summed E-state index contributed by atoms with van der Waals surface area (Å²) in [4.78, 5) is 16.8. The second-order valence-electron chi connectivity index (χ2n) is 4.13. The van der Waals surface area contributed by atoms with Gasteiger partial charge in [-0.25, -0.2) is 9.37 Å². The normalized spacial score (nSPS) is 10.6. The van der Waals surface area contributed by atoms with Crippen molar-refractivity contribution in [3.8, 4) is 10.6 Å². The lowest BCUT2D eigenvalue weighted by Gasteiger charge is -2.00. The fraction of sp³-hybridized carbons (Fsp3) is 0.286. The number of thiazole rings is 1. The van der Waals surface area contributed by atoms with Gasteiger partial charge in [0.05, 0.1) is 23.7 Å². The van der Waals surface area contributed by atoms with Crippen molar-refractivity contribution in [1.29, 1.82) is 0 Å². The Balaban J connectivity index is 2.26. The van der Waals surface area contributed by atoms with Crippen molar-refractivity contribution in [3.05, 3.63) is 39.6 Å². The first kappa shape index (κ1) is 14.9. The summed E-state index contributed by atoms with van der Waals surface area (Å²) in [5, 5.41) is 0.769. The van der Waals surface area contributed by atoms with E-state index >= 15 is 0 Å². The number of aryl methyl sites for hydroxylation is 1. The standard InChI is InChI=1S/C14H13ClFNO2S/c1-3-19-13(18)7-12-8(2)20-14(17-12)9-4-5-11(16)10(15)6-9/h4-6H,3,7H2,1-2H3. The molecule has 0 aliphatic carbocycles. The van der Waals surface area contributed by atoms with Gasteiger partial charge in [0.25, 0.3) is 0 Å². The van der Waals surface area contributed by atoms with E-state index in [1.54, 1.807) is 13.0 Å². The Kier molecular flexibility index (Phi) is 4.73. The van der Waals surface area contributed by atoms with Gasteiger partial charge in [0, 0.05) is 10.4 Å². The minimum Gasteiger partial charge on any atom is -0.466 e. The molecule has 0 saturated heterocycles. The number of carbonyl (C=O) groups is 1. The molecule has 1 heterocycles. The highest BCUT2D eigenvalue weighted by Crippen LogP contribution is 2.30. The van der Waals surface area contributed by atoms with Gasteiger partial charge in [0.15, 0.2) is 0 Å². The van der Waals surface area contributed by atoms with Crippen molar-refractivity contribution >= 4 is 28.9 Å². The van der Waals surface area contributed by atoms with Crippen LogP contribution in [0.4, 0.5) is 4.39 Å². The van der Waals surface area contributed by atoms with Crippen molar-refractivity contribution in [2.75, 3.05) is 6.61 Å². The third-order valence-corrected chi connectivity index (χ3v) is 4.03. The SMILES string of the molecule is CCOC(=O)Cc1nc(-c2ccc(F)c(Cl)c2)sc1C. The highest BCUT2D eigenvalue weighted by atomic mass is 35.5. The molecule has 1 aromatic carbocycles. The van der Waals surface area contributed by atoms with E-state index in [1.807, 2.05) is 6.92 Å². The van der Waals surface area contributed by atoms with Crippen LogP contribution in [-0.4, -0.2) is 17.6 Å². The summed E-state index contributed by atoms with van der Waals surface area (Å²) in [6, 6.07) is 4.45. The second kappa shape index (κ2) is 6.33. The zero-order valence-electron chi connectivity index (χ0n) is 11.1. The topological polar surface area (TPSA) is 39.2 Å². The molecule has 0 unspecified atom stereocenters. The molecule has 0 aliphatic rings. The summed E-state index contributed by atoms with van der Waals surface area (Å²) in [6.07, 6.45) is 0.144. The maximum Gasteiger partial charge on any atom is 0.311 e. The van der Waals surface area contributed by atoms with E-state index in [0.717, 1.165) is 10.4 Å². The Morgan fingerprint density at radius 2 is 2.25 bits per heavy atom. The largest absolute Gasteiger partial charge is 0.466 e. The summed E-state index contributed by atoms with van der Waals surface area (Å²) in [7, 11) is 0. The molecule has 3 nitrogen and oxygen atoms in total. The van der Waals surface area contributed by atoms with E-state index in [9.17, 15) is 9.18 Å². The highest BCUT2D eigenvalue weighted by Gasteiger charge is 2.14. The Morgan fingerprint density at radius 3 is 2.90 bits per heavy atom. The van der Waals surface area contributed by atoms with E-state index in [-0.39, 0.29) is 17.4 Å². The Hall–Kier alpha value is -1.46. The first-order valence-corrected chi connectivity index (χ1v) is 7.28. The van der Waals surface area contributed by atoms with Crippen LogP contribution in [0.25, 0.3) is 10.6 Å². The van der Waals surface area contributed by atoms with Gasteiger partial charge in [0.2, 0.25) is 0 Å². The first-order chi connectivity index (χ1) is 9.51. The molecule has 0 amide bonds. The van der Waals surface area contributed by atoms with Gasteiger partial charge in [-0.1, -0.05) is 11.6 Å². The molecule has 0 N–H and O–H groups in total. The number of nitrogens with zero attached hydrogens (tertiary/aromatic N) is 1. The number of aromatic nitrogens is 1. The van der Waals surface area contributed by atoms with Gasteiger partial charge in [-0.3, -0.25) is 4.79 Å². The number of halogens is 2. The molecule has 0 fully saturated rings. The van der Waals surface area contributed by atoms with Crippen LogP contribution >= 0.6 is 22.9 Å². The van der Waals surface area contributed by atoms with E-state index in [4.69, 9.17) is 16.3 Å². The molecule has 0 saturated carbocycles. The average molecular weight is 314 g/mol. The monoisotopic (exact) mass is 313 g/mol. The van der Waals surface area contributed by atoms with Crippen LogP contribution in [0.2, 0.25) is 5.02 Å². The number of ether oxygens (including phenoxy) is 1.